The van der Waals surface area contributed by atoms with Crippen LogP contribution in [0.1, 0.15) is 70.4 Å². The van der Waals surface area contributed by atoms with Crippen LogP contribution < -0.4 is 19.8 Å². The van der Waals surface area contributed by atoms with Gasteiger partial charge < -0.3 is 19.7 Å². The SMILES string of the molecule is O=C1CCC(N2Cc3cc(N4CCC(CC5CN(c6ccc(-c7cnc8[nH]cc(C(=O)c9c(F)ccc(NS(=O)(=O)N%10CC[C@@H](F)C%10)c9F)c8c7)cc6)C5)CC4)ccc3C2=O)C(=O)N1. The van der Waals surface area contributed by atoms with Crippen LogP contribution in [-0.2, 0) is 26.3 Å². The number of fused-ring (bicyclic) bond motifs is 2. The van der Waals surface area contributed by atoms with Gasteiger partial charge in [0.1, 0.15) is 23.7 Å². The van der Waals surface area contributed by atoms with E-state index in [9.17, 15) is 32.0 Å². The van der Waals surface area contributed by atoms with Gasteiger partial charge in [0, 0.05) is 98.1 Å². The van der Waals surface area contributed by atoms with E-state index in [2.05, 4.69) is 31.2 Å². The topological polar surface area (TPSA) is 168 Å². The third kappa shape index (κ3) is 7.75. The predicted octanol–water partition coefficient (Wildman–Crippen LogP) is 5.94. The molecule has 2 atom stereocenters. The summed E-state index contributed by atoms with van der Waals surface area (Å²) in [5.74, 6) is -3.22. The zero-order chi connectivity index (χ0) is 44.4. The van der Waals surface area contributed by atoms with Crippen molar-refractivity contribution in [3.8, 4) is 11.1 Å². The Morgan fingerprint density at radius 2 is 1.61 bits per heavy atom. The van der Waals surface area contributed by atoms with Crippen molar-refractivity contribution in [2.75, 3.05) is 53.8 Å². The van der Waals surface area contributed by atoms with E-state index in [4.69, 9.17) is 0 Å². The van der Waals surface area contributed by atoms with Crippen molar-refractivity contribution in [3.63, 3.8) is 0 Å². The van der Waals surface area contributed by atoms with Crippen molar-refractivity contribution in [1.29, 1.82) is 0 Å². The molecule has 5 aliphatic heterocycles. The van der Waals surface area contributed by atoms with Gasteiger partial charge in [-0.2, -0.15) is 12.7 Å². The lowest BCUT2D eigenvalue weighted by molar-refractivity contribution is -0.136. The number of piperidine rings is 2. The maximum Gasteiger partial charge on any atom is 0.301 e. The fourth-order valence-corrected chi connectivity index (χ4v) is 11.2. The van der Waals surface area contributed by atoms with Crippen molar-refractivity contribution in [3.05, 3.63) is 107 Å². The van der Waals surface area contributed by atoms with Gasteiger partial charge in [0.15, 0.2) is 5.82 Å². The number of rotatable bonds is 11. The number of alkyl halides is 1. The van der Waals surface area contributed by atoms with E-state index in [0.29, 0.717) is 47.0 Å². The molecule has 18 heteroatoms. The number of hydrogen-bond acceptors (Lipinski definition) is 9. The highest BCUT2D eigenvalue weighted by molar-refractivity contribution is 7.90. The molecule has 0 spiro atoms. The molecule has 3 N–H and O–H groups in total. The van der Waals surface area contributed by atoms with Crippen LogP contribution in [0.3, 0.4) is 0 Å². The van der Waals surface area contributed by atoms with E-state index in [1.807, 2.05) is 41.1 Å². The summed E-state index contributed by atoms with van der Waals surface area (Å²) in [6, 6.07) is 16.8. The number of ketones is 1. The van der Waals surface area contributed by atoms with Crippen LogP contribution in [0, 0.1) is 23.5 Å². The van der Waals surface area contributed by atoms with Crippen LogP contribution in [0.15, 0.2) is 73.1 Å². The van der Waals surface area contributed by atoms with Crippen molar-refractivity contribution in [2.24, 2.45) is 11.8 Å². The van der Waals surface area contributed by atoms with Crippen LogP contribution in [0.25, 0.3) is 22.2 Å². The molecular weight excluding hydrogens is 850 g/mol. The number of amides is 3. The summed E-state index contributed by atoms with van der Waals surface area (Å²) >= 11 is 0. The predicted molar refractivity (Wildman–Crippen MR) is 233 cm³/mol. The van der Waals surface area contributed by atoms with Gasteiger partial charge in [-0.25, -0.2) is 18.2 Å². The number of hydrogen-bond donors (Lipinski definition) is 3. The van der Waals surface area contributed by atoms with E-state index in [-0.39, 0.29) is 43.3 Å². The standard InChI is InChI=1S/C46H45F3N8O6S/c47-31-13-16-56(25-31)64(62,63)53-38-8-7-37(48)41(42(38)49)43(59)36-21-51-44-35(36)19-29(20-50-44)28-1-3-32(4-2-28)55-22-27(23-55)17-26-11-14-54(15-12-26)33-5-6-34-30(18-33)24-57(46(34)61)39-9-10-40(58)52-45(39)60/h1-8,18-21,26-27,31,39,53H,9-17,22-25H2,(H,50,51)(H,52,58,60)/t31-,39?/m1/s1. The molecule has 1 unspecified atom stereocenters. The van der Waals surface area contributed by atoms with Crippen molar-refractivity contribution in [2.45, 2.75) is 57.3 Å². The zero-order valence-corrected chi connectivity index (χ0v) is 35.5. The number of pyridine rings is 1. The smallest absolute Gasteiger partial charge is 0.301 e. The summed E-state index contributed by atoms with van der Waals surface area (Å²) in [6.07, 6.45) is 5.50. The van der Waals surface area contributed by atoms with Gasteiger partial charge in [-0.1, -0.05) is 12.1 Å². The number of carbonyl (C=O) groups is 4. The molecule has 5 aliphatic rings. The molecular formula is C46H45F3N8O6S. The largest absolute Gasteiger partial charge is 0.372 e. The van der Waals surface area contributed by atoms with Gasteiger partial charge in [-0.05, 0) is 104 Å². The Balaban J connectivity index is 0.736. The van der Waals surface area contributed by atoms with Gasteiger partial charge >= 0.3 is 10.2 Å². The Morgan fingerprint density at radius 3 is 2.34 bits per heavy atom. The van der Waals surface area contributed by atoms with Gasteiger partial charge in [0.25, 0.3) is 5.91 Å². The van der Waals surface area contributed by atoms with Crippen LogP contribution in [0.2, 0.25) is 0 Å². The molecule has 5 aromatic rings. The summed E-state index contributed by atoms with van der Waals surface area (Å²) < 4.78 is 73.0. The first-order valence-electron chi connectivity index (χ1n) is 21.6. The van der Waals surface area contributed by atoms with E-state index >= 15 is 8.78 Å². The number of imide groups is 1. The van der Waals surface area contributed by atoms with Crippen LogP contribution in [0.4, 0.5) is 30.2 Å². The molecule has 0 bridgehead atoms. The lowest BCUT2D eigenvalue weighted by atomic mass is 9.83. The molecule has 0 radical (unpaired) electrons. The maximum absolute atomic E-state index is 15.7. The van der Waals surface area contributed by atoms with Crippen molar-refractivity contribution >= 4 is 61.8 Å². The number of carbonyl (C=O) groups excluding carboxylic acids is 4. The van der Waals surface area contributed by atoms with Gasteiger partial charge in [0.05, 0.1) is 11.3 Å². The molecule has 14 nitrogen and oxygen atoms in total. The monoisotopic (exact) mass is 894 g/mol. The third-order valence-corrected chi connectivity index (χ3v) is 14.9. The molecule has 7 heterocycles. The quantitative estimate of drug-likeness (QED) is 0.107. The normalized spacial score (nSPS) is 21.1. The van der Waals surface area contributed by atoms with Crippen LogP contribution in [-0.4, -0.2) is 103 Å². The molecule has 3 amide bonds. The minimum atomic E-state index is -4.35. The van der Waals surface area contributed by atoms with Gasteiger partial charge in [-0.15, -0.1) is 0 Å². The average molecular weight is 895 g/mol. The molecule has 0 saturated carbocycles. The zero-order valence-electron chi connectivity index (χ0n) is 34.7. The van der Waals surface area contributed by atoms with E-state index in [1.54, 1.807) is 17.2 Å². The fraction of sp³-hybridized carbons (Fsp3) is 0.370. The van der Waals surface area contributed by atoms with E-state index in [0.717, 1.165) is 84.4 Å². The Kier molecular flexibility index (Phi) is 10.7. The summed E-state index contributed by atoms with van der Waals surface area (Å²) in [6.45, 7) is 3.65. The minimum absolute atomic E-state index is 0.00377. The first-order chi connectivity index (χ1) is 30.8. The summed E-state index contributed by atoms with van der Waals surface area (Å²) in [7, 11) is -4.35. The molecule has 2 aromatic heterocycles. The molecule has 64 heavy (non-hydrogen) atoms. The number of halogens is 3. The highest BCUT2D eigenvalue weighted by Crippen LogP contribution is 2.37. The molecule has 4 saturated heterocycles. The number of nitrogens with zero attached hydrogens (tertiary/aromatic N) is 5. The number of H-pyrrole nitrogens is 1. The molecule has 4 fully saturated rings. The fourth-order valence-electron chi connectivity index (χ4n) is 9.88. The van der Waals surface area contributed by atoms with Gasteiger partial charge in [-0.3, -0.25) is 29.2 Å². The maximum atomic E-state index is 15.7. The molecule has 332 valence electrons. The Labute approximate surface area is 367 Å². The minimum Gasteiger partial charge on any atom is -0.372 e. The Morgan fingerprint density at radius 1 is 0.844 bits per heavy atom. The number of anilines is 3. The molecule has 0 aliphatic carbocycles. The number of benzene rings is 3. The third-order valence-electron chi connectivity index (χ3n) is 13.4. The first-order valence-corrected chi connectivity index (χ1v) is 23.0. The second kappa shape index (κ2) is 16.4. The Bertz CT molecular complexity index is 2830. The summed E-state index contributed by atoms with van der Waals surface area (Å²) in [5.41, 5.74) is 3.94. The highest BCUT2D eigenvalue weighted by Gasteiger charge is 2.40. The number of aromatic nitrogens is 2. The van der Waals surface area contributed by atoms with Crippen molar-refractivity contribution < 1.29 is 40.8 Å². The van der Waals surface area contributed by atoms with Crippen molar-refractivity contribution in [1.82, 2.24) is 24.5 Å². The summed E-state index contributed by atoms with van der Waals surface area (Å²) in [5, 5.41) is 2.69. The first kappa shape index (κ1) is 41.7. The van der Waals surface area contributed by atoms with E-state index in [1.165, 1.54) is 6.20 Å². The lowest BCUT2D eigenvalue weighted by Crippen LogP contribution is -2.52. The van der Waals surface area contributed by atoms with Crippen LogP contribution in [0.5, 0.6) is 0 Å². The van der Waals surface area contributed by atoms with E-state index < -0.39 is 57.0 Å². The summed E-state index contributed by atoms with van der Waals surface area (Å²) in [4.78, 5) is 64.6. The second-order valence-corrected chi connectivity index (χ2v) is 19.2. The molecule has 10 rings (SSSR count). The average Bonchev–Trinajstić information content (AvgIpc) is 4.00. The van der Waals surface area contributed by atoms with Gasteiger partial charge in [0.2, 0.25) is 17.6 Å². The highest BCUT2D eigenvalue weighted by atomic mass is 32.2. The lowest BCUT2D eigenvalue weighted by Gasteiger charge is -2.44. The Hall–Kier alpha value is -6.27. The second-order valence-electron chi connectivity index (χ2n) is 17.5. The number of nitrogens with one attached hydrogen (secondary N) is 3. The molecule has 3 aromatic carbocycles. The number of aromatic amines is 1. The van der Waals surface area contributed by atoms with Crippen LogP contribution >= 0.6 is 0 Å².